The van der Waals surface area contributed by atoms with E-state index in [4.69, 9.17) is 10.6 Å². The van der Waals surface area contributed by atoms with E-state index in [0.717, 1.165) is 12.8 Å². The van der Waals surface area contributed by atoms with Crippen molar-refractivity contribution in [2.24, 2.45) is 10.8 Å². The SMILES string of the molecule is COC1CC(N=C(NN)NC(C)C)C1. The van der Waals surface area contributed by atoms with Crippen LogP contribution in [-0.2, 0) is 4.74 Å². The molecule has 4 N–H and O–H groups in total. The van der Waals surface area contributed by atoms with Gasteiger partial charge in [0.2, 0.25) is 5.96 Å². The quantitative estimate of drug-likeness (QED) is 0.259. The number of nitrogens with zero attached hydrogens (tertiary/aromatic N) is 1. The number of nitrogens with one attached hydrogen (secondary N) is 2. The van der Waals surface area contributed by atoms with E-state index in [1.807, 2.05) is 13.8 Å². The Morgan fingerprint density at radius 1 is 1.50 bits per heavy atom. The Kier molecular flexibility index (Phi) is 4.16. The van der Waals surface area contributed by atoms with Crippen molar-refractivity contribution in [3.63, 3.8) is 0 Å². The van der Waals surface area contributed by atoms with E-state index in [1.54, 1.807) is 7.11 Å². The van der Waals surface area contributed by atoms with Crippen LogP contribution < -0.4 is 16.6 Å². The molecule has 0 unspecified atom stereocenters. The lowest BCUT2D eigenvalue weighted by molar-refractivity contribution is 0.0283. The smallest absolute Gasteiger partial charge is 0.206 e. The van der Waals surface area contributed by atoms with Crippen LogP contribution >= 0.6 is 0 Å². The summed E-state index contributed by atoms with van der Waals surface area (Å²) in [5.74, 6) is 6.01. The van der Waals surface area contributed by atoms with Gasteiger partial charge in [-0.05, 0) is 26.7 Å². The molecule has 14 heavy (non-hydrogen) atoms. The summed E-state index contributed by atoms with van der Waals surface area (Å²) in [6, 6.07) is 0.681. The van der Waals surface area contributed by atoms with Crippen LogP contribution in [0.4, 0.5) is 0 Å². The topological polar surface area (TPSA) is 71.7 Å². The highest BCUT2D eigenvalue weighted by Crippen LogP contribution is 2.25. The zero-order chi connectivity index (χ0) is 10.6. The molecule has 0 atom stereocenters. The van der Waals surface area contributed by atoms with Crippen LogP contribution in [0.2, 0.25) is 0 Å². The first kappa shape index (κ1) is 11.3. The van der Waals surface area contributed by atoms with E-state index in [-0.39, 0.29) is 0 Å². The molecule has 1 aliphatic rings. The van der Waals surface area contributed by atoms with Gasteiger partial charge in [0.15, 0.2) is 0 Å². The number of hydrazine groups is 1. The molecule has 1 rings (SSSR count). The van der Waals surface area contributed by atoms with Crippen LogP contribution in [-0.4, -0.2) is 31.3 Å². The molecule has 0 spiro atoms. The maximum Gasteiger partial charge on any atom is 0.206 e. The Morgan fingerprint density at radius 2 is 2.14 bits per heavy atom. The van der Waals surface area contributed by atoms with Gasteiger partial charge in [0.25, 0.3) is 0 Å². The van der Waals surface area contributed by atoms with Gasteiger partial charge >= 0.3 is 0 Å². The van der Waals surface area contributed by atoms with Gasteiger partial charge < -0.3 is 10.1 Å². The molecule has 5 nitrogen and oxygen atoms in total. The van der Waals surface area contributed by atoms with Crippen molar-refractivity contribution < 1.29 is 4.74 Å². The van der Waals surface area contributed by atoms with Gasteiger partial charge in [-0.1, -0.05) is 0 Å². The third-order valence-corrected chi connectivity index (χ3v) is 2.28. The molecule has 0 heterocycles. The molecule has 0 aromatic carbocycles. The summed E-state index contributed by atoms with van der Waals surface area (Å²) in [5.41, 5.74) is 2.56. The monoisotopic (exact) mass is 200 g/mol. The summed E-state index contributed by atoms with van der Waals surface area (Å²) in [6.07, 6.45) is 2.35. The molecule has 0 aromatic rings. The minimum Gasteiger partial charge on any atom is -0.381 e. The highest BCUT2D eigenvalue weighted by atomic mass is 16.5. The van der Waals surface area contributed by atoms with Gasteiger partial charge in [-0.2, -0.15) is 0 Å². The lowest BCUT2D eigenvalue weighted by Gasteiger charge is -2.31. The van der Waals surface area contributed by atoms with Crippen molar-refractivity contribution >= 4 is 5.96 Å². The number of methoxy groups -OCH3 is 1. The molecule has 1 fully saturated rings. The molecule has 0 aliphatic heterocycles. The molecule has 0 saturated heterocycles. The highest BCUT2D eigenvalue weighted by Gasteiger charge is 2.28. The maximum atomic E-state index is 5.34. The molecular weight excluding hydrogens is 180 g/mol. The second-order valence-corrected chi connectivity index (χ2v) is 3.90. The summed E-state index contributed by atoms with van der Waals surface area (Å²) in [6.45, 7) is 4.09. The van der Waals surface area contributed by atoms with Gasteiger partial charge in [-0.3, -0.25) is 5.43 Å². The van der Waals surface area contributed by atoms with E-state index in [9.17, 15) is 0 Å². The number of nitrogens with two attached hydrogens (primary N) is 1. The van der Waals surface area contributed by atoms with Crippen molar-refractivity contribution in [3.05, 3.63) is 0 Å². The highest BCUT2D eigenvalue weighted by molar-refractivity contribution is 5.79. The molecule has 1 saturated carbocycles. The zero-order valence-electron chi connectivity index (χ0n) is 9.08. The zero-order valence-corrected chi connectivity index (χ0v) is 9.08. The number of guanidine groups is 1. The van der Waals surface area contributed by atoms with Crippen molar-refractivity contribution in [2.45, 2.75) is 44.9 Å². The Bertz CT molecular complexity index is 199. The molecule has 1 aliphatic carbocycles. The third kappa shape index (κ3) is 3.16. The van der Waals surface area contributed by atoms with Crippen molar-refractivity contribution in [3.8, 4) is 0 Å². The number of ether oxygens (including phenoxy) is 1. The van der Waals surface area contributed by atoms with E-state index in [2.05, 4.69) is 15.7 Å². The van der Waals surface area contributed by atoms with Gasteiger partial charge in [-0.25, -0.2) is 10.8 Å². The van der Waals surface area contributed by atoms with Crippen LogP contribution in [0, 0.1) is 0 Å². The Labute approximate surface area is 85.1 Å². The summed E-state index contributed by atoms with van der Waals surface area (Å²) in [5, 5.41) is 3.13. The summed E-state index contributed by atoms with van der Waals surface area (Å²) in [7, 11) is 1.74. The predicted octanol–water partition coefficient (Wildman–Crippen LogP) is -0.0189. The Hall–Kier alpha value is -0.810. The largest absolute Gasteiger partial charge is 0.381 e. The van der Waals surface area contributed by atoms with Crippen LogP contribution in [0.1, 0.15) is 26.7 Å². The average molecular weight is 200 g/mol. The van der Waals surface area contributed by atoms with Crippen molar-refractivity contribution in [1.29, 1.82) is 0 Å². The first-order valence-corrected chi connectivity index (χ1v) is 4.99. The van der Waals surface area contributed by atoms with E-state index >= 15 is 0 Å². The summed E-state index contributed by atoms with van der Waals surface area (Å²) in [4.78, 5) is 4.43. The predicted molar refractivity (Wildman–Crippen MR) is 56.8 cm³/mol. The third-order valence-electron chi connectivity index (χ3n) is 2.28. The minimum atomic E-state index is 0.336. The lowest BCUT2D eigenvalue weighted by Crippen LogP contribution is -2.46. The molecule has 0 radical (unpaired) electrons. The lowest BCUT2D eigenvalue weighted by atomic mass is 9.90. The summed E-state index contributed by atoms with van der Waals surface area (Å²) < 4.78 is 5.17. The first-order valence-electron chi connectivity index (χ1n) is 4.99. The average Bonchev–Trinajstić information content (AvgIpc) is 2.07. The van der Waals surface area contributed by atoms with Crippen molar-refractivity contribution in [2.75, 3.05) is 7.11 Å². The van der Waals surface area contributed by atoms with Gasteiger partial charge in [0.1, 0.15) is 0 Å². The molecule has 0 amide bonds. The minimum absolute atomic E-state index is 0.336. The van der Waals surface area contributed by atoms with Gasteiger partial charge in [-0.15, -0.1) is 0 Å². The number of hydrogen-bond acceptors (Lipinski definition) is 3. The summed E-state index contributed by atoms with van der Waals surface area (Å²) >= 11 is 0. The molecule has 82 valence electrons. The van der Waals surface area contributed by atoms with Crippen LogP contribution in [0.5, 0.6) is 0 Å². The van der Waals surface area contributed by atoms with Crippen LogP contribution in [0.3, 0.4) is 0 Å². The van der Waals surface area contributed by atoms with Crippen LogP contribution in [0.15, 0.2) is 4.99 Å². The molecular formula is C9H20N4O. The number of rotatable bonds is 3. The fourth-order valence-corrected chi connectivity index (χ4v) is 1.41. The second-order valence-electron chi connectivity index (χ2n) is 3.90. The maximum absolute atomic E-state index is 5.34. The Balaban J connectivity index is 2.34. The fourth-order valence-electron chi connectivity index (χ4n) is 1.41. The van der Waals surface area contributed by atoms with Crippen LogP contribution in [0.25, 0.3) is 0 Å². The number of hydrogen-bond donors (Lipinski definition) is 3. The van der Waals surface area contributed by atoms with Gasteiger partial charge in [0, 0.05) is 13.2 Å². The first-order chi connectivity index (χ1) is 6.65. The number of aliphatic imine (C=N–C) groups is 1. The normalized spacial score (nSPS) is 27.4. The molecule has 5 heteroatoms. The second kappa shape index (κ2) is 5.17. The van der Waals surface area contributed by atoms with Crippen molar-refractivity contribution in [1.82, 2.24) is 10.7 Å². The fraction of sp³-hybridized carbons (Fsp3) is 0.889. The van der Waals surface area contributed by atoms with E-state index in [0.29, 0.717) is 24.1 Å². The Morgan fingerprint density at radius 3 is 2.57 bits per heavy atom. The van der Waals surface area contributed by atoms with Gasteiger partial charge in [0.05, 0.1) is 12.1 Å². The van der Waals surface area contributed by atoms with E-state index in [1.165, 1.54) is 0 Å². The van der Waals surface area contributed by atoms with E-state index < -0.39 is 0 Å². The molecule has 0 aromatic heterocycles. The standard InChI is InChI=1S/C9H20N4O/c1-6(2)11-9(13-10)12-7-4-8(5-7)14-3/h6-8H,4-5,10H2,1-3H3,(H2,11,12,13). The molecule has 0 bridgehead atoms.